The van der Waals surface area contributed by atoms with Gasteiger partial charge >= 0.3 is 11.9 Å². The van der Waals surface area contributed by atoms with Crippen molar-refractivity contribution in [2.75, 3.05) is 36.9 Å². The number of rotatable bonds is 2. The summed E-state index contributed by atoms with van der Waals surface area (Å²) in [6.45, 7) is 10.1. The van der Waals surface area contributed by atoms with E-state index >= 15 is 0 Å². The number of aryl methyl sites for hydroxylation is 5. The number of benzene rings is 10. The van der Waals surface area contributed by atoms with Gasteiger partial charge in [-0.3, -0.25) is 38.4 Å². The molecule has 0 aromatic heterocycles. The van der Waals surface area contributed by atoms with Crippen molar-refractivity contribution >= 4 is 121 Å². The van der Waals surface area contributed by atoms with Crippen LogP contribution in [0.3, 0.4) is 0 Å². The second-order valence-electron chi connectivity index (χ2n) is 25.6. The van der Waals surface area contributed by atoms with Gasteiger partial charge in [0, 0.05) is 64.1 Å². The average Bonchev–Trinajstić information content (AvgIpc) is 0.862. The normalized spacial score (nSPS) is 15.8. The van der Waals surface area contributed by atoms with E-state index in [9.17, 15) is 79.2 Å². The van der Waals surface area contributed by atoms with Crippen LogP contribution in [0.5, 0.6) is 23.0 Å². The van der Waals surface area contributed by atoms with E-state index in [4.69, 9.17) is 20.5 Å². The standard InChI is InChI=1S/2C17H13NO4S.C15H10O4.C15H10O2.C9H6O3.C6H6O2.C2H7NO2S/c1-9-2-3-10-7-13-12(8-11(10)6-9)15(19)14-17(16(13)20)23(21,22)5-4-18-14;1-9-2-3-10-7-12-13(8-11(10)6-9)16(20)17-14(15(12)19)18-4-5-23(17,21)22;1-7-2-3-8-9(6-7)15(19)13-11(17)5-4-10(16)12(13)14(8)18;1-9-2-3-10-7-12-13(8-11(10)6-9)15(17)5-4-14(12)16;1-5-2-3-6-7(4-5)9(11)12-8(6)10;7-5-1-2-6(8)4-3-5;3-1-2-6(4)5/h2*2-3,6-8,18H,4-5H2,1H3;2-6,16-17H,1H3;2-8H,1H3;2-4H,1H3;1-4,7-8H;1-3H2,(H,4,5). The van der Waals surface area contributed by atoms with Crippen LogP contribution >= 0.6 is 0 Å². The molecule has 0 amide bonds. The second-order valence-corrected chi connectivity index (χ2v) is 30.8. The first-order valence-corrected chi connectivity index (χ1v) is 37.6. The Morgan fingerprint density at radius 3 is 1.10 bits per heavy atom. The van der Waals surface area contributed by atoms with E-state index in [2.05, 4.69) is 15.4 Å². The first-order valence-electron chi connectivity index (χ1n) is 33.0. The highest BCUT2D eigenvalue weighted by Crippen LogP contribution is 2.39. The lowest BCUT2D eigenvalue weighted by Gasteiger charge is -2.25. The third-order valence-corrected chi connectivity index (χ3v) is 21.9. The van der Waals surface area contributed by atoms with Crippen molar-refractivity contribution in [2.24, 2.45) is 5.73 Å². The van der Waals surface area contributed by atoms with Crippen LogP contribution in [0.25, 0.3) is 32.3 Å². The number of fused-ring (bicyclic) bond motifs is 9. The van der Waals surface area contributed by atoms with E-state index in [-0.39, 0.29) is 137 Å². The van der Waals surface area contributed by atoms with Gasteiger partial charge in [-0.25, -0.2) is 30.6 Å². The summed E-state index contributed by atoms with van der Waals surface area (Å²) in [5.74, 6) is -4.63. The summed E-state index contributed by atoms with van der Waals surface area (Å²) in [4.78, 5) is 120. The topological polar surface area (TPSA) is 417 Å². The Morgan fingerprint density at radius 1 is 0.380 bits per heavy atom. The number of nitrogens with two attached hydrogens (primary N) is 1. The van der Waals surface area contributed by atoms with Gasteiger partial charge in [0.05, 0.1) is 39.5 Å². The van der Waals surface area contributed by atoms with Gasteiger partial charge in [-0.1, -0.05) is 101 Å². The molecule has 0 bridgehead atoms. The largest absolute Gasteiger partial charge is 0.508 e. The van der Waals surface area contributed by atoms with Gasteiger partial charge in [0.25, 0.3) is 0 Å². The molecule has 0 saturated carbocycles. The average molecular weight is 1510 g/mol. The molecule has 0 saturated heterocycles. The monoisotopic (exact) mass is 1510 g/mol. The lowest BCUT2D eigenvalue weighted by Crippen LogP contribution is -2.40. The number of carbonyl (C=O) groups excluding carboxylic acids is 10. The maximum absolute atomic E-state index is 12.7. The fourth-order valence-corrected chi connectivity index (χ4v) is 15.6. The highest BCUT2D eigenvalue weighted by molar-refractivity contribution is 7.96. The summed E-state index contributed by atoms with van der Waals surface area (Å²) < 4.78 is 70.9. The zero-order valence-corrected chi connectivity index (χ0v) is 60.5. The molecule has 9 N–H and O–H groups in total. The number of Topliss-reactive ketones (excluding diaryl/α,β-unsaturated/α-hetero) is 4. The highest BCUT2D eigenvalue weighted by atomic mass is 32.2. The highest BCUT2D eigenvalue weighted by Gasteiger charge is 2.43. The zero-order valence-electron chi connectivity index (χ0n) is 58.1. The Balaban J connectivity index is 0.000000130. The third-order valence-electron chi connectivity index (χ3n) is 17.8. The van der Waals surface area contributed by atoms with Gasteiger partial charge in [-0.05, 0) is 170 Å². The van der Waals surface area contributed by atoms with Crippen LogP contribution in [0.2, 0.25) is 0 Å². The lowest BCUT2D eigenvalue weighted by atomic mass is 9.82. The molecular formula is C81H65N3O21S3. The molecule has 7 aliphatic rings. The van der Waals surface area contributed by atoms with Crippen molar-refractivity contribution in [2.45, 2.75) is 34.6 Å². The van der Waals surface area contributed by atoms with Crippen LogP contribution in [0.15, 0.2) is 197 Å². The molecule has 0 fully saturated rings. The van der Waals surface area contributed by atoms with Crippen molar-refractivity contribution in [3.8, 4) is 23.0 Å². The van der Waals surface area contributed by atoms with Gasteiger partial charge < -0.3 is 46.1 Å². The van der Waals surface area contributed by atoms with Gasteiger partial charge in [0.15, 0.2) is 53.9 Å². The molecule has 27 heteroatoms. The van der Waals surface area contributed by atoms with Crippen LogP contribution in [0, 0.1) is 34.6 Å². The Bertz CT molecular complexity index is 5990. The number of ketones is 8. The third kappa shape index (κ3) is 15.7. The minimum atomic E-state index is -3.72. The van der Waals surface area contributed by atoms with Gasteiger partial charge in [0.2, 0.25) is 23.1 Å². The molecule has 0 radical (unpaired) electrons. The van der Waals surface area contributed by atoms with Crippen molar-refractivity contribution in [3.63, 3.8) is 0 Å². The Morgan fingerprint density at radius 2 is 0.704 bits per heavy atom. The number of hydrogen-bond acceptors (Lipinski definition) is 23. The zero-order chi connectivity index (χ0) is 78.1. The number of hydrogen-bond donors (Lipinski definition) is 8. The van der Waals surface area contributed by atoms with Crippen LogP contribution < -0.4 is 16.4 Å². The molecule has 548 valence electrons. The first-order chi connectivity index (χ1) is 51.2. The molecule has 108 heavy (non-hydrogen) atoms. The SMILES string of the molecule is Cc1ccc2c(c1)C(=O)OC2=O.Cc1ccc2c(c1)C(=O)c1c(O)ccc(O)c1C2=O.Cc1ccc2cc3c(cc2c1)C(=O)C1=C(C3=O)S(=O)(=O)CCN1.Cc1ccc2cc3c(cc2c1)C(=O)C1=C(NCCS1(=O)=O)C3=O.Cc1ccc2cc3c(cc2c1)C(=O)C=CC3=O.NCCS(=O)O.Oc1ccc(O)cc1. The van der Waals surface area contributed by atoms with Gasteiger partial charge in [0.1, 0.15) is 44.2 Å². The molecular weight excluding hydrogens is 1450 g/mol. The predicted molar refractivity (Wildman–Crippen MR) is 402 cm³/mol. The fourth-order valence-electron chi connectivity index (χ4n) is 12.5. The maximum atomic E-state index is 12.7. The fraction of sp³-hybridized carbons (Fsp3) is 0.136. The van der Waals surface area contributed by atoms with E-state index in [1.165, 1.54) is 48.6 Å². The summed E-state index contributed by atoms with van der Waals surface area (Å²) in [6.07, 6.45) is 2.68. The van der Waals surface area contributed by atoms with Crippen LogP contribution in [0.4, 0.5) is 0 Å². The Kier molecular flexibility index (Phi) is 21.9. The lowest BCUT2D eigenvalue weighted by molar-refractivity contribution is 0.0441. The van der Waals surface area contributed by atoms with Crippen molar-refractivity contribution in [3.05, 3.63) is 292 Å². The molecule has 4 aliphatic carbocycles. The molecule has 17 rings (SSSR count). The summed E-state index contributed by atoms with van der Waals surface area (Å²) in [6, 6.07) is 45.7. The van der Waals surface area contributed by atoms with E-state index in [1.807, 2.05) is 89.2 Å². The van der Waals surface area contributed by atoms with E-state index < -0.39 is 77.4 Å². The van der Waals surface area contributed by atoms with Gasteiger partial charge in [-0.2, -0.15) is 0 Å². The van der Waals surface area contributed by atoms with Crippen molar-refractivity contribution in [1.82, 2.24) is 10.6 Å². The van der Waals surface area contributed by atoms with Gasteiger partial charge in [-0.15, -0.1) is 0 Å². The number of carbonyl (C=O) groups is 10. The second kappa shape index (κ2) is 30.9. The van der Waals surface area contributed by atoms with E-state index in [1.54, 1.807) is 72.8 Å². The quantitative estimate of drug-likeness (QED) is 0.0345. The summed E-state index contributed by atoms with van der Waals surface area (Å²) >= 11 is -1.69. The van der Waals surface area contributed by atoms with Crippen molar-refractivity contribution in [1.29, 1.82) is 0 Å². The molecule has 24 nitrogen and oxygen atoms in total. The smallest absolute Gasteiger partial charge is 0.346 e. The molecule has 10 aromatic rings. The number of phenols is 4. The number of sulfone groups is 2. The Labute approximate surface area is 619 Å². The van der Waals surface area contributed by atoms with Crippen LogP contribution in [0.1, 0.15) is 143 Å². The summed E-state index contributed by atoms with van der Waals surface area (Å²) in [5.41, 5.74) is 12.6. The summed E-state index contributed by atoms with van der Waals surface area (Å²) in [5, 5.41) is 47.7. The number of nitrogens with one attached hydrogen (secondary N) is 2. The van der Waals surface area contributed by atoms with Crippen LogP contribution in [-0.2, 0) is 35.5 Å². The molecule has 0 spiro atoms. The molecule has 3 heterocycles. The number of cyclic esters (lactones) is 2. The number of ether oxygens (including phenoxy) is 1. The van der Waals surface area contributed by atoms with E-state index in [0.29, 0.717) is 22.3 Å². The summed E-state index contributed by atoms with van der Waals surface area (Å²) in [7, 11) is -7.44. The number of esters is 2. The molecule has 10 aromatic carbocycles. The van der Waals surface area contributed by atoms with Crippen LogP contribution in [-0.4, -0.2) is 141 Å². The molecule has 1 unspecified atom stereocenters. The number of aromatic hydroxyl groups is 4. The molecule has 1 atom stereocenters. The minimum Gasteiger partial charge on any atom is -0.508 e. The number of allylic oxidation sites excluding steroid dienone is 6. The molecule has 3 aliphatic heterocycles. The first kappa shape index (κ1) is 76.6. The van der Waals surface area contributed by atoms with E-state index in [0.717, 1.165) is 60.1 Å². The maximum Gasteiger partial charge on any atom is 0.346 e. The predicted octanol–water partition coefficient (Wildman–Crippen LogP) is 10.3. The number of phenolic OH excluding ortho intramolecular Hbond substituents is 4. The van der Waals surface area contributed by atoms with Crippen molar-refractivity contribution < 1.29 is 98.7 Å². The Hall–Kier alpha value is -12.5. The minimum absolute atomic E-state index is 0.0826.